The molecular formula is C110H137N7O2. The largest absolute Gasteiger partial charge is 0.426 e. The molecule has 7 heterocycles. The van der Waals surface area contributed by atoms with Gasteiger partial charge in [0, 0.05) is 69.0 Å². The fourth-order valence-corrected chi connectivity index (χ4v) is 14.8. The van der Waals surface area contributed by atoms with Gasteiger partial charge in [0.25, 0.3) is 0 Å². The zero-order chi connectivity index (χ0) is 87.0. The number of aromatic amines is 6. The molecule has 6 N–H and O–H groups in total. The lowest BCUT2D eigenvalue weighted by Gasteiger charge is -2.22. The first-order valence-corrected chi connectivity index (χ1v) is 42.7. The third kappa shape index (κ3) is 24.2. The first-order chi connectivity index (χ1) is 55.5. The quantitative estimate of drug-likeness (QED) is 0.0667. The standard InChI is InChI=1S/C13H17N.2C13H16.4C12H15N.C12H14O2.C11H14N2/c1-9-7-10-8-11(13(2,3)4)5-6-12(10)14-9;1-13(2,3)12-9-5-7-10-6-4-8-11(10)12;1-13(2,3)12-8-7-10-5-4-6-11(10)9-12;2*1-12(2,3)10-5-4-9-6-7-13-11(9)8-10;2*1-12(2,3)10-6-4-5-9-7-8-13-11(9)10;1-12(2,3)9-5-4-8-6-11(13)14-10(8)7-9;1-11(2,3)9-5-4-8-7-12-13-10(8)6-9/h5-8,14H,1-4H3;4-5,7-9H,6H2,1-3H3;4,6-9H,5H2,1-3H3;4*4-8,13H,1-3H3;4-5,7H,6H2,1-3H3;4-7H,1-3H3,(H,12,13). The van der Waals surface area contributed by atoms with Crippen molar-refractivity contribution < 1.29 is 9.53 Å². The Morgan fingerprint density at radius 2 is 0.723 bits per heavy atom. The number of ether oxygens (including phenoxy) is 1. The first kappa shape index (κ1) is 90.4. The van der Waals surface area contributed by atoms with E-state index in [-0.39, 0.29) is 54.7 Å². The van der Waals surface area contributed by atoms with E-state index in [0.29, 0.717) is 6.42 Å². The Balaban J connectivity index is 0.000000141. The molecule has 1 aliphatic heterocycles. The molecule has 0 saturated carbocycles. The maximum atomic E-state index is 11.0. The molecular weight excluding hydrogens is 1450 g/mol. The molecule has 0 spiro atoms. The Labute approximate surface area is 712 Å². The van der Waals surface area contributed by atoms with Gasteiger partial charge in [-0.1, -0.05) is 339 Å². The summed E-state index contributed by atoms with van der Waals surface area (Å²) in [6.45, 7) is 62.3. The van der Waals surface area contributed by atoms with Crippen molar-refractivity contribution in [2.45, 2.75) is 262 Å². The second kappa shape index (κ2) is 36.4. The summed E-state index contributed by atoms with van der Waals surface area (Å²) in [5.41, 5.74) is 29.7. The fraction of sp³-hybridized carbons (Fsp3) is 0.364. The normalized spacial score (nSPS) is 13.1. The lowest BCUT2D eigenvalue weighted by molar-refractivity contribution is -0.131. The molecule has 3 aliphatic rings. The molecule has 9 aromatic carbocycles. The van der Waals surface area contributed by atoms with Crippen molar-refractivity contribution >= 4 is 83.5 Å². The third-order valence-corrected chi connectivity index (χ3v) is 22.3. The minimum atomic E-state index is -0.147. The number of aromatic nitrogens is 7. The molecule has 0 atom stereocenters. The highest BCUT2D eigenvalue weighted by Gasteiger charge is 2.26. The Kier molecular flexibility index (Phi) is 27.6. The number of H-pyrrole nitrogens is 6. The second-order valence-corrected chi connectivity index (χ2v) is 41.7. The maximum absolute atomic E-state index is 11.0. The van der Waals surface area contributed by atoms with Crippen molar-refractivity contribution in [2.24, 2.45) is 0 Å². The maximum Gasteiger partial charge on any atom is 0.315 e. The molecule has 6 aromatic heterocycles. The van der Waals surface area contributed by atoms with Crippen molar-refractivity contribution in [3.63, 3.8) is 0 Å². The Bertz CT molecular complexity index is 5690. The van der Waals surface area contributed by atoms with Gasteiger partial charge in [0.2, 0.25) is 0 Å². The van der Waals surface area contributed by atoms with Crippen LogP contribution in [0.15, 0.2) is 237 Å². The Morgan fingerprint density at radius 1 is 0.319 bits per heavy atom. The summed E-state index contributed by atoms with van der Waals surface area (Å²) in [6.07, 6.45) is 21.4. The van der Waals surface area contributed by atoms with Crippen LogP contribution in [0, 0.1) is 6.92 Å². The van der Waals surface area contributed by atoms with Crippen LogP contribution in [0.1, 0.15) is 271 Å². The minimum Gasteiger partial charge on any atom is -0.426 e. The summed E-state index contributed by atoms with van der Waals surface area (Å²) in [5, 5.41) is 14.6. The summed E-state index contributed by atoms with van der Waals surface area (Å²) >= 11 is 0. The van der Waals surface area contributed by atoms with Gasteiger partial charge in [-0.05, 0) is 234 Å². The van der Waals surface area contributed by atoms with Gasteiger partial charge in [0.05, 0.1) is 18.1 Å². The predicted molar refractivity (Wildman–Crippen MR) is 515 cm³/mol. The third-order valence-electron chi connectivity index (χ3n) is 22.3. The zero-order valence-electron chi connectivity index (χ0n) is 77.1. The highest BCUT2D eigenvalue weighted by atomic mass is 16.5. The molecule has 0 fully saturated rings. The van der Waals surface area contributed by atoms with Crippen LogP contribution in [0.2, 0.25) is 0 Å². The van der Waals surface area contributed by atoms with Gasteiger partial charge >= 0.3 is 5.97 Å². The molecule has 15 aromatic rings. The van der Waals surface area contributed by atoms with Crippen molar-refractivity contribution in [3.05, 3.63) is 321 Å². The average Bonchev–Trinajstić information content (AvgIpc) is 1.57. The molecule has 0 unspecified atom stereocenters. The molecule has 0 saturated heterocycles. The number of nitrogens with one attached hydrogen (secondary N) is 6. The zero-order valence-corrected chi connectivity index (χ0v) is 77.1. The number of allylic oxidation sites excluding steroid dienone is 2. The molecule has 0 amide bonds. The number of benzene rings is 9. The van der Waals surface area contributed by atoms with Crippen molar-refractivity contribution in [1.29, 1.82) is 0 Å². The van der Waals surface area contributed by atoms with Gasteiger partial charge in [-0.25, -0.2) is 0 Å². The van der Waals surface area contributed by atoms with Crippen LogP contribution in [0.5, 0.6) is 5.75 Å². The monoisotopic (exact) mass is 1590 g/mol. The van der Waals surface area contributed by atoms with E-state index in [2.05, 4.69) is 435 Å². The number of carbonyl (C=O) groups is 1. The van der Waals surface area contributed by atoms with Gasteiger partial charge in [0.1, 0.15) is 5.75 Å². The molecule has 9 nitrogen and oxygen atoms in total. The van der Waals surface area contributed by atoms with Gasteiger partial charge in [-0.2, -0.15) is 5.10 Å². The number of fused-ring (bicyclic) bond motifs is 9. The van der Waals surface area contributed by atoms with Gasteiger partial charge < -0.3 is 29.7 Å². The molecule has 624 valence electrons. The topological polar surface area (TPSA) is 134 Å². The van der Waals surface area contributed by atoms with Gasteiger partial charge in [0.15, 0.2) is 0 Å². The number of hydrogen-bond donors (Lipinski definition) is 6. The second-order valence-electron chi connectivity index (χ2n) is 41.7. The molecule has 0 radical (unpaired) electrons. The van der Waals surface area contributed by atoms with E-state index in [1.54, 1.807) is 0 Å². The Hall–Kier alpha value is -10.9. The molecule has 0 bridgehead atoms. The van der Waals surface area contributed by atoms with E-state index in [4.69, 9.17) is 4.74 Å². The minimum absolute atomic E-state index is 0.101. The number of hydrogen-bond acceptors (Lipinski definition) is 3. The van der Waals surface area contributed by atoms with Crippen LogP contribution in [-0.4, -0.2) is 41.1 Å². The Morgan fingerprint density at radius 3 is 1.23 bits per heavy atom. The van der Waals surface area contributed by atoms with E-state index in [1.807, 2.05) is 43.1 Å². The van der Waals surface area contributed by atoms with Crippen LogP contribution in [0.4, 0.5) is 0 Å². The smallest absolute Gasteiger partial charge is 0.315 e. The van der Waals surface area contributed by atoms with E-state index >= 15 is 0 Å². The molecule has 119 heavy (non-hydrogen) atoms. The van der Waals surface area contributed by atoms with Crippen molar-refractivity contribution in [1.82, 2.24) is 35.1 Å². The fourth-order valence-electron chi connectivity index (χ4n) is 14.8. The summed E-state index contributed by atoms with van der Waals surface area (Å²) in [6, 6.07) is 69.4. The van der Waals surface area contributed by atoms with E-state index in [1.165, 1.54) is 138 Å². The number of nitrogens with zero attached hydrogens (tertiary/aromatic N) is 1. The highest BCUT2D eigenvalue weighted by molar-refractivity contribution is 5.86. The number of esters is 1. The van der Waals surface area contributed by atoms with Crippen LogP contribution in [0.3, 0.4) is 0 Å². The molecule has 18 rings (SSSR count). The van der Waals surface area contributed by atoms with Crippen molar-refractivity contribution in [2.75, 3.05) is 0 Å². The average molecular weight is 1590 g/mol. The van der Waals surface area contributed by atoms with Gasteiger partial charge in [-0.15, -0.1) is 0 Å². The highest BCUT2D eigenvalue weighted by Crippen LogP contribution is 2.37. The number of para-hydroxylation sites is 2. The van der Waals surface area contributed by atoms with Crippen LogP contribution >= 0.6 is 0 Å². The number of rotatable bonds is 0. The van der Waals surface area contributed by atoms with E-state index in [9.17, 15) is 4.79 Å². The summed E-state index contributed by atoms with van der Waals surface area (Å²) in [7, 11) is 0. The van der Waals surface area contributed by atoms with E-state index in [0.717, 1.165) is 29.7 Å². The van der Waals surface area contributed by atoms with Crippen LogP contribution in [-0.2, 0) is 72.8 Å². The summed E-state index contributed by atoms with van der Waals surface area (Å²) in [4.78, 5) is 27.4. The number of carbonyl (C=O) groups excluding carboxylic acids is 1. The SMILES string of the molecule is CC(C)(C)c1ccc2c(c1)C=CC2.CC(C)(C)c1ccc2c(c1)OC(=O)C2.CC(C)(C)c1ccc2cc[nH]c2c1.CC(C)(C)c1ccc2cc[nH]c2c1.CC(C)(C)c1ccc2cn[nH]c2c1.CC(C)(C)c1cccc2c1C=CC2.CC(C)(C)c1cccc2cc[nH]c12.CC(C)(C)c1cccc2cc[nH]c12.Cc1cc2cc(C(C)(C)C)ccc2[nH]1. The predicted octanol–water partition coefficient (Wildman–Crippen LogP) is 30.0. The van der Waals surface area contributed by atoms with Crippen LogP contribution in [0.25, 0.3) is 77.6 Å². The lowest BCUT2D eigenvalue weighted by Crippen LogP contribution is -2.13. The lowest BCUT2D eigenvalue weighted by atomic mass is 9.83. The molecule has 2 aliphatic carbocycles. The first-order valence-electron chi connectivity index (χ1n) is 42.7. The van der Waals surface area contributed by atoms with Crippen LogP contribution < -0.4 is 4.74 Å². The van der Waals surface area contributed by atoms with Crippen molar-refractivity contribution in [3.8, 4) is 5.75 Å². The summed E-state index contributed by atoms with van der Waals surface area (Å²) < 4.78 is 5.10. The van der Waals surface area contributed by atoms with Gasteiger partial charge in [-0.3, -0.25) is 9.89 Å². The molecule has 9 heteroatoms. The summed E-state index contributed by atoms with van der Waals surface area (Å²) in [5.74, 6) is 0.591. The number of aryl methyl sites for hydroxylation is 1. The van der Waals surface area contributed by atoms with E-state index < -0.39 is 0 Å².